The Morgan fingerprint density at radius 2 is 2.17 bits per heavy atom. The van der Waals surface area contributed by atoms with Crippen LogP contribution in [-0.2, 0) is 4.79 Å². The van der Waals surface area contributed by atoms with E-state index >= 15 is 0 Å². The van der Waals surface area contributed by atoms with Crippen LogP contribution < -0.4 is 0 Å². The van der Waals surface area contributed by atoms with Crippen molar-refractivity contribution in [3.05, 3.63) is 0 Å². The van der Waals surface area contributed by atoms with Gasteiger partial charge in [-0.05, 0) is 31.1 Å². The smallest absolute Gasteiger partial charge is 0.133 e. The molecule has 1 saturated carbocycles. The highest BCUT2D eigenvalue weighted by Crippen LogP contribution is 2.52. The molecule has 0 aliphatic heterocycles. The zero-order valence-electron chi connectivity index (χ0n) is 8.13. The Morgan fingerprint density at radius 3 is 2.50 bits per heavy atom. The fraction of sp³-hybridized carbons (Fsp3) is 0.900. The summed E-state index contributed by atoms with van der Waals surface area (Å²) in [5.41, 5.74) is 0.120. The van der Waals surface area contributed by atoms with Crippen molar-refractivity contribution in [3.63, 3.8) is 0 Å². The van der Waals surface area contributed by atoms with Gasteiger partial charge in [-0.1, -0.05) is 13.8 Å². The first kappa shape index (κ1) is 9.72. The third-order valence-electron chi connectivity index (χ3n) is 3.44. The Bertz CT molecular complexity index is 184. The lowest BCUT2D eigenvalue weighted by molar-refractivity contribution is -0.137. The summed E-state index contributed by atoms with van der Waals surface area (Å²) >= 11 is 0. The third-order valence-corrected chi connectivity index (χ3v) is 3.44. The molecule has 0 radical (unpaired) electrons. The average Bonchev–Trinajstić information content (AvgIpc) is 1.96. The highest BCUT2D eigenvalue weighted by atomic mass is 16.3. The second-order valence-electron chi connectivity index (χ2n) is 4.43. The molecule has 1 N–H and O–H groups in total. The first-order chi connectivity index (χ1) is 5.50. The molecular formula is C10H18O2. The SMILES string of the molecule is CC(=O)C1CC(CCO)C1(C)C. The summed E-state index contributed by atoms with van der Waals surface area (Å²) in [7, 11) is 0. The number of hydrogen-bond donors (Lipinski definition) is 1. The predicted octanol–water partition coefficient (Wildman–Crippen LogP) is 1.62. The van der Waals surface area contributed by atoms with Gasteiger partial charge in [-0.25, -0.2) is 0 Å². The van der Waals surface area contributed by atoms with Crippen molar-refractivity contribution in [1.82, 2.24) is 0 Å². The van der Waals surface area contributed by atoms with E-state index in [2.05, 4.69) is 13.8 Å². The van der Waals surface area contributed by atoms with Crippen LogP contribution in [0.5, 0.6) is 0 Å². The fourth-order valence-corrected chi connectivity index (χ4v) is 2.35. The summed E-state index contributed by atoms with van der Waals surface area (Å²) in [5.74, 6) is 1.07. The van der Waals surface area contributed by atoms with Crippen LogP contribution in [0.3, 0.4) is 0 Å². The largest absolute Gasteiger partial charge is 0.396 e. The molecule has 2 nitrogen and oxygen atoms in total. The van der Waals surface area contributed by atoms with Crippen LogP contribution in [0.1, 0.15) is 33.6 Å². The summed E-state index contributed by atoms with van der Waals surface area (Å²) in [5, 5.41) is 8.77. The van der Waals surface area contributed by atoms with Crippen molar-refractivity contribution < 1.29 is 9.90 Å². The quantitative estimate of drug-likeness (QED) is 0.698. The van der Waals surface area contributed by atoms with Gasteiger partial charge in [-0.15, -0.1) is 0 Å². The zero-order valence-corrected chi connectivity index (χ0v) is 8.13. The van der Waals surface area contributed by atoms with E-state index in [-0.39, 0.29) is 17.9 Å². The molecule has 12 heavy (non-hydrogen) atoms. The van der Waals surface area contributed by atoms with Gasteiger partial charge in [-0.3, -0.25) is 4.79 Å². The summed E-state index contributed by atoms with van der Waals surface area (Å²) in [6.07, 6.45) is 1.82. The van der Waals surface area contributed by atoms with Crippen LogP contribution in [0.4, 0.5) is 0 Å². The Morgan fingerprint density at radius 1 is 1.58 bits per heavy atom. The van der Waals surface area contributed by atoms with Crippen molar-refractivity contribution in [2.45, 2.75) is 33.6 Å². The maximum atomic E-state index is 11.1. The second kappa shape index (κ2) is 3.17. The van der Waals surface area contributed by atoms with E-state index < -0.39 is 0 Å². The van der Waals surface area contributed by atoms with Crippen molar-refractivity contribution in [2.75, 3.05) is 6.61 Å². The first-order valence-electron chi connectivity index (χ1n) is 4.61. The molecule has 2 atom stereocenters. The normalized spacial score (nSPS) is 32.7. The van der Waals surface area contributed by atoms with Gasteiger partial charge in [0.05, 0.1) is 0 Å². The second-order valence-corrected chi connectivity index (χ2v) is 4.43. The van der Waals surface area contributed by atoms with Crippen LogP contribution in [0.2, 0.25) is 0 Å². The van der Waals surface area contributed by atoms with Crippen LogP contribution in [0.15, 0.2) is 0 Å². The van der Waals surface area contributed by atoms with Gasteiger partial charge in [0.1, 0.15) is 5.78 Å². The summed E-state index contributed by atoms with van der Waals surface area (Å²) < 4.78 is 0. The number of hydrogen-bond acceptors (Lipinski definition) is 2. The predicted molar refractivity (Wildman–Crippen MR) is 47.8 cm³/mol. The van der Waals surface area contributed by atoms with Gasteiger partial charge in [-0.2, -0.15) is 0 Å². The highest BCUT2D eigenvalue weighted by Gasteiger charge is 2.49. The van der Waals surface area contributed by atoms with Crippen LogP contribution >= 0.6 is 0 Å². The average molecular weight is 170 g/mol. The monoisotopic (exact) mass is 170 g/mol. The lowest BCUT2D eigenvalue weighted by Crippen LogP contribution is -2.48. The Labute approximate surface area is 74.0 Å². The van der Waals surface area contributed by atoms with Gasteiger partial charge in [0.2, 0.25) is 0 Å². The molecule has 1 aliphatic carbocycles. The summed E-state index contributed by atoms with van der Waals surface area (Å²) in [4.78, 5) is 11.1. The standard InChI is InChI=1S/C10H18O2/c1-7(12)9-6-8(4-5-11)10(9,2)3/h8-9,11H,4-6H2,1-3H3. The molecule has 70 valence electrons. The van der Waals surface area contributed by atoms with Crippen molar-refractivity contribution in [1.29, 1.82) is 0 Å². The van der Waals surface area contributed by atoms with Gasteiger partial charge >= 0.3 is 0 Å². The summed E-state index contributed by atoms with van der Waals surface area (Å²) in [6.45, 7) is 6.17. The number of rotatable bonds is 3. The molecule has 0 aromatic heterocycles. The molecule has 1 fully saturated rings. The molecule has 0 bridgehead atoms. The highest BCUT2D eigenvalue weighted by molar-refractivity contribution is 5.80. The molecule has 0 saturated heterocycles. The van der Waals surface area contributed by atoms with Gasteiger partial charge in [0.15, 0.2) is 0 Å². The first-order valence-corrected chi connectivity index (χ1v) is 4.61. The molecule has 2 unspecified atom stereocenters. The molecular weight excluding hydrogens is 152 g/mol. The maximum absolute atomic E-state index is 11.1. The van der Waals surface area contributed by atoms with E-state index in [9.17, 15) is 4.79 Å². The van der Waals surface area contributed by atoms with Gasteiger partial charge < -0.3 is 5.11 Å². The minimum Gasteiger partial charge on any atom is -0.396 e. The number of aliphatic hydroxyl groups excluding tert-OH is 1. The van der Waals surface area contributed by atoms with E-state index in [4.69, 9.17) is 5.11 Å². The molecule has 0 aromatic carbocycles. The van der Waals surface area contributed by atoms with Crippen molar-refractivity contribution >= 4 is 5.78 Å². The molecule has 1 rings (SSSR count). The number of carbonyl (C=O) groups is 1. The lowest BCUT2D eigenvalue weighted by atomic mass is 9.53. The minimum absolute atomic E-state index is 0.120. The van der Waals surface area contributed by atoms with E-state index in [1.165, 1.54) is 0 Å². The molecule has 2 heteroatoms. The van der Waals surface area contributed by atoms with Crippen LogP contribution in [0, 0.1) is 17.3 Å². The minimum atomic E-state index is 0.120. The van der Waals surface area contributed by atoms with E-state index in [1.807, 2.05) is 0 Å². The van der Waals surface area contributed by atoms with E-state index in [0.29, 0.717) is 11.7 Å². The topological polar surface area (TPSA) is 37.3 Å². The molecule has 0 spiro atoms. The van der Waals surface area contributed by atoms with Gasteiger partial charge in [0.25, 0.3) is 0 Å². The number of carbonyl (C=O) groups excluding carboxylic acids is 1. The summed E-state index contributed by atoms with van der Waals surface area (Å²) in [6, 6.07) is 0. The lowest BCUT2D eigenvalue weighted by Gasteiger charge is -2.51. The number of Topliss-reactive ketones (excluding diaryl/α,β-unsaturated/α-hetero) is 1. The molecule has 1 aliphatic rings. The van der Waals surface area contributed by atoms with Crippen LogP contribution in [0.25, 0.3) is 0 Å². The van der Waals surface area contributed by atoms with Crippen molar-refractivity contribution in [3.8, 4) is 0 Å². The number of ketones is 1. The number of aliphatic hydroxyl groups is 1. The van der Waals surface area contributed by atoms with E-state index in [0.717, 1.165) is 12.8 Å². The Kier molecular flexibility index (Phi) is 2.57. The van der Waals surface area contributed by atoms with Crippen molar-refractivity contribution in [2.24, 2.45) is 17.3 Å². The maximum Gasteiger partial charge on any atom is 0.133 e. The van der Waals surface area contributed by atoms with Crippen LogP contribution in [-0.4, -0.2) is 17.5 Å². The molecule has 0 heterocycles. The zero-order chi connectivity index (χ0) is 9.35. The fourth-order valence-electron chi connectivity index (χ4n) is 2.35. The van der Waals surface area contributed by atoms with Gasteiger partial charge in [0, 0.05) is 12.5 Å². The Hall–Kier alpha value is -0.370. The Balaban J connectivity index is 2.53. The molecule has 0 aromatic rings. The third kappa shape index (κ3) is 1.40. The molecule has 0 amide bonds. The van der Waals surface area contributed by atoms with E-state index in [1.54, 1.807) is 6.92 Å².